The monoisotopic (exact) mass is 491 g/mol. The third-order valence-electron chi connectivity index (χ3n) is 5.27. The van der Waals surface area contributed by atoms with Crippen LogP contribution in [0.5, 0.6) is 0 Å². The highest BCUT2D eigenvalue weighted by Crippen LogP contribution is 2.35. The van der Waals surface area contributed by atoms with Crippen molar-refractivity contribution in [2.75, 3.05) is 5.32 Å². The Hall–Kier alpha value is -3.33. The average Bonchev–Trinajstić information content (AvgIpc) is 3.33. The first-order valence-corrected chi connectivity index (χ1v) is 10.9. The van der Waals surface area contributed by atoms with Crippen LogP contribution >= 0.6 is 11.6 Å². The maximum absolute atomic E-state index is 13.5. The van der Waals surface area contributed by atoms with Crippen LogP contribution < -0.4 is 5.32 Å². The van der Waals surface area contributed by atoms with Crippen molar-refractivity contribution in [1.82, 2.24) is 19.3 Å². The molecule has 6 nitrogen and oxygen atoms in total. The van der Waals surface area contributed by atoms with Gasteiger partial charge in [0.25, 0.3) is 0 Å². The van der Waals surface area contributed by atoms with Crippen molar-refractivity contribution in [3.8, 4) is 5.69 Å². The van der Waals surface area contributed by atoms with Crippen LogP contribution in [0.4, 0.5) is 18.9 Å². The van der Waals surface area contributed by atoms with E-state index in [1.165, 1.54) is 23.8 Å². The summed E-state index contributed by atoms with van der Waals surface area (Å²) in [6.07, 6.45) is -0.541. The van der Waals surface area contributed by atoms with Gasteiger partial charge >= 0.3 is 6.18 Å². The number of nitrogens with one attached hydrogen (secondary N) is 1. The summed E-state index contributed by atoms with van der Waals surface area (Å²) in [5, 5.41) is 7.83. The van der Waals surface area contributed by atoms with Crippen molar-refractivity contribution in [3.63, 3.8) is 0 Å². The number of hydrogen-bond acceptors (Lipinski definition) is 3. The van der Waals surface area contributed by atoms with Crippen LogP contribution in [-0.2, 0) is 11.0 Å². The molecule has 0 aliphatic heterocycles. The Bertz CT molecular complexity index is 1210. The van der Waals surface area contributed by atoms with Crippen molar-refractivity contribution < 1.29 is 18.0 Å². The zero-order valence-corrected chi connectivity index (χ0v) is 19.8. The molecular formula is C24H25ClF3N5O. The number of alkyl halides is 3. The van der Waals surface area contributed by atoms with Crippen molar-refractivity contribution in [3.05, 3.63) is 77.6 Å². The van der Waals surface area contributed by atoms with Gasteiger partial charge in [-0.15, -0.1) is 6.58 Å². The number of carbonyl (C=O) groups excluding carboxylic acids is 1. The first-order chi connectivity index (χ1) is 16.0. The second kappa shape index (κ2) is 9.89. The number of rotatable bonds is 8. The van der Waals surface area contributed by atoms with Crippen LogP contribution in [0.1, 0.15) is 55.1 Å². The average molecular weight is 492 g/mol. The Balaban J connectivity index is 2.03. The highest BCUT2D eigenvalue weighted by molar-refractivity contribution is 6.30. The summed E-state index contributed by atoms with van der Waals surface area (Å²) >= 11 is 5.99. The number of benzene rings is 1. The van der Waals surface area contributed by atoms with Gasteiger partial charge in [-0.25, -0.2) is 9.67 Å². The number of aryl methyl sites for hydroxylation is 1. The molecule has 1 atom stereocenters. The molecule has 10 heteroatoms. The van der Waals surface area contributed by atoms with Gasteiger partial charge in [0.2, 0.25) is 5.91 Å². The van der Waals surface area contributed by atoms with Gasteiger partial charge in [0.1, 0.15) is 11.9 Å². The van der Waals surface area contributed by atoms with Gasteiger partial charge in [0.05, 0.1) is 29.0 Å². The second-order valence-corrected chi connectivity index (χ2v) is 8.42. The maximum Gasteiger partial charge on any atom is 0.435 e. The summed E-state index contributed by atoms with van der Waals surface area (Å²) < 4.78 is 43.4. The lowest BCUT2D eigenvalue weighted by atomic mass is 10.1. The van der Waals surface area contributed by atoms with Crippen molar-refractivity contribution in [2.45, 2.75) is 45.3 Å². The molecule has 34 heavy (non-hydrogen) atoms. The van der Waals surface area contributed by atoms with Crippen LogP contribution in [0.3, 0.4) is 0 Å². The number of aromatic nitrogens is 4. The smallest absolute Gasteiger partial charge is 0.321 e. The fourth-order valence-corrected chi connectivity index (χ4v) is 3.99. The van der Waals surface area contributed by atoms with Crippen LogP contribution in [-0.4, -0.2) is 25.2 Å². The van der Waals surface area contributed by atoms with E-state index in [0.717, 1.165) is 17.5 Å². The topological polar surface area (TPSA) is 64.7 Å². The molecular weight excluding hydrogens is 467 g/mol. The number of anilines is 1. The lowest BCUT2D eigenvalue weighted by Gasteiger charge is -2.21. The molecule has 1 N–H and O–H groups in total. The molecule has 0 fully saturated rings. The Morgan fingerprint density at radius 1 is 1.24 bits per heavy atom. The number of amides is 1. The molecule has 1 aromatic carbocycles. The molecule has 2 aromatic heterocycles. The van der Waals surface area contributed by atoms with Crippen molar-refractivity contribution in [2.24, 2.45) is 0 Å². The standard InChI is InChI=1S/C24H25ClF3N5O/c1-6-8-20(32-15(5)30-22(19(32)7-2)24(26,27)28)23(34)31-18-13-29-33(21(18)14(3)4)17-11-9-16(25)10-12-17/h6-7,9-14,20H,1-2,8H2,3-5H3,(H,31,34). The SMILES string of the molecule is C=CCC(C(=O)Nc1cnn(-c2ccc(Cl)cc2)c1C(C)C)n1c(C)nc(C(F)(F)F)c1C=C. The molecule has 0 saturated heterocycles. The predicted molar refractivity (Wildman–Crippen MR) is 127 cm³/mol. The zero-order chi connectivity index (χ0) is 25.2. The molecule has 1 amide bonds. The minimum Gasteiger partial charge on any atom is -0.321 e. The summed E-state index contributed by atoms with van der Waals surface area (Å²) in [6.45, 7) is 12.5. The number of halogens is 4. The Morgan fingerprint density at radius 2 is 1.88 bits per heavy atom. The van der Waals surface area contributed by atoms with E-state index in [0.29, 0.717) is 10.7 Å². The zero-order valence-electron chi connectivity index (χ0n) is 19.0. The highest BCUT2D eigenvalue weighted by Gasteiger charge is 2.39. The molecule has 180 valence electrons. The summed E-state index contributed by atoms with van der Waals surface area (Å²) in [6, 6.07) is 6.05. The lowest BCUT2D eigenvalue weighted by Crippen LogP contribution is -2.28. The van der Waals surface area contributed by atoms with Crippen LogP contribution in [0.15, 0.2) is 49.7 Å². The number of imidazole rings is 1. The van der Waals surface area contributed by atoms with E-state index in [9.17, 15) is 18.0 Å². The fraction of sp³-hybridized carbons (Fsp3) is 0.292. The number of allylic oxidation sites excluding steroid dienone is 1. The quantitative estimate of drug-likeness (QED) is 0.362. The molecule has 0 radical (unpaired) electrons. The summed E-state index contributed by atoms with van der Waals surface area (Å²) in [5.74, 6) is -0.498. The number of carbonyl (C=O) groups is 1. The van der Waals surface area contributed by atoms with Crippen LogP contribution in [0, 0.1) is 6.92 Å². The summed E-state index contributed by atoms with van der Waals surface area (Å²) in [5.41, 5.74) is 0.590. The van der Waals surface area contributed by atoms with E-state index in [1.807, 2.05) is 13.8 Å². The Labute approximate surface area is 200 Å². The van der Waals surface area contributed by atoms with Gasteiger partial charge in [-0.1, -0.05) is 38.1 Å². The number of hydrogen-bond donors (Lipinski definition) is 1. The van der Waals surface area contributed by atoms with Crippen molar-refractivity contribution >= 4 is 29.3 Å². The van der Waals surface area contributed by atoms with E-state index in [2.05, 4.69) is 28.6 Å². The van der Waals surface area contributed by atoms with Crippen LogP contribution in [0.2, 0.25) is 5.02 Å². The molecule has 2 heterocycles. The third kappa shape index (κ3) is 4.94. The number of nitrogens with zero attached hydrogens (tertiary/aromatic N) is 4. The van der Waals surface area contributed by atoms with Gasteiger partial charge in [0.15, 0.2) is 5.69 Å². The largest absolute Gasteiger partial charge is 0.435 e. The Morgan fingerprint density at radius 3 is 2.41 bits per heavy atom. The second-order valence-electron chi connectivity index (χ2n) is 7.98. The van der Waals surface area contributed by atoms with Gasteiger partial charge in [0, 0.05) is 5.02 Å². The molecule has 0 bridgehead atoms. The van der Waals surface area contributed by atoms with Gasteiger partial charge in [-0.2, -0.15) is 18.3 Å². The minimum absolute atomic E-state index is 0.0260. The fourth-order valence-electron chi connectivity index (χ4n) is 3.86. The Kier molecular flexibility index (Phi) is 7.35. The third-order valence-corrected chi connectivity index (χ3v) is 5.52. The summed E-state index contributed by atoms with van der Waals surface area (Å²) in [7, 11) is 0. The molecule has 3 rings (SSSR count). The first-order valence-electron chi connectivity index (χ1n) is 10.5. The maximum atomic E-state index is 13.5. The molecule has 0 aliphatic rings. The molecule has 0 aliphatic carbocycles. The minimum atomic E-state index is -4.68. The van der Waals surface area contributed by atoms with Crippen molar-refractivity contribution in [1.29, 1.82) is 0 Å². The van der Waals surface area contributed by atoms with Gasteiger partial charge in [-0.3, -0.25) is 4.79 Å². The highest BCUT2D eigenvalue weighted by atomic mass is 35.5. The predicted octanol–water partition coefficient (Wildman–Crippen LogP) is 6.57. The van der Waals surface area contributed by atoms with E-state index in [4.69, 9.17) is 11.6 Å². The normalized spacial score (nSPS) is 12.6. The molecule has 3 aromatic rings. The van der Waals surface area contributed by atoms with E-state index >= 15 is 0 Å². The summed E-state index contributed by atoms with van der Waals surface area (Å²) in [4.78, 5) is 17.0. The lowest BCUT2D eigenvalue weighted by molar-refractivity contribution is -0.141. The molecule has 0 saturated carbocycles. The molecule has 0 spiro atoms. The first kappa shape index (κ1) is 25.3. The van der Waals surface area contributed by atoms with E-state index in [1.54, 1.807) is 28.9 Å². The van der Waals surface area contributed by atoms with Crippen LogP contribution in [0.25, 0.3) is 11.8 Å². The van der Waals surface area contributed by atoms with E-state index < -0.39 is 23.8 Å². The van der Waals surface area contributed by atoms with Gasteiger partial charge < -0.3 is 9.88 Å². The van der Waals surface area contributed by atoms with Gasteiger partial charge in [-0.05, 0) is 49.6 Å². The molecule has 1 unspecified atom stereocenters. The van der Waals surface area contributed by atoms with E-state index in [-0.39, 0.29) is 23.9 Å².